The zero-order valence-electron chi connectivity index (χ0n) is 11.2. The molecule has 0 fully saturated rings. The first kappa shape index (κ1) is 15.6. The highest BCUT2D eigenvalue weighted by molar-refractivity contribution is 5.82. The summed E-state index contributed by atoms with van der Waals surface area (Å²) in [7, 11) is 0. The standard InChI is InChI=1S/C13H18N4O3/c1-3-5-9(4-2)16-13(20)17-11(12(18)19)6-10-7-14-8-15-10/h1,7-9,11H,4-6H2,2H3,(H,14,15)(H,18,19)(H2,16,17,20)/t9?,11-/m1/s1. The van der Waals surface area contributed by atoms with Crippen LogP contribution < -0.4 is 10.6 Å². The van der Waals surface area contributed by atoms with Crippen LogP contribution in [0.5, 0.6) is 0 Å². The molecule has 0 aliphatic carbocycles. The van der Waals surface area contributed by atoms with Crippen molar-refractivity contribution in [3.8, 4) is 12.3 Å². The number of imidazole rings is 1. The first-order valence-electron chi connectivity index (χ1n) is 6.27. The van der Waals surface area contributed by atoms with Crippen LogP contribution in [0.2, 0.25) is 0 Å². The maximum absolute atomic E-state index is 11.8. The average Bonchev–Trinajstić information content (AvgIpc) is 2.90. The van der Waals surface area contributed by atoms with E-state index in [1.54, 1.807) is 0 Å². The van der Waals surface area contributed by atoms with E-state index >= 15 is 0 Å². The number of urea groups is 1. The monoisotopic (exact) mass is 278 g/mol. The van der Waals surface area contributed by atoms with Gasteiger partial charge in [-0.05, 0) is 6.42 Å². The van der Waals surface area contributed by atoms with Crippen LogP contribution in [0.1, 0.15) is 25.5 Å². The van der Waals surface area contributed by atoms with Gasteiger partial charge < -0.3 is 20.7 Å². The van der Waals surface area contributed by atoms with Crippen molar-refractivity contribution in [2.24, 2.45) is 0 Å². The molecule has 0 saturated heterocycles. The van der Waals surface area contributed by atoms with E-state index in [2.05, 4.69) is 26.5 Å². The number of nitrogens with one attached hydrogen (secondary N) is 3. The van der Waals surface area contributed by atoms with Crippen molar-refractivity contribution in [1.29, 1.82) is 0 Å². The Hall–Kier alpha value is -2.49. The fourth-order valence-corrected chi connectivity index (χ4v) is 1.64. The molecule has 1 aromatic heterocycles. The number of hydrogen-bond donors (Lipinski definition) is 4. The first-order chi connectivity index (χ1) is 9.56. The molecule has 0 spiro atoms. The summed E-state index contributed by atoms with van der Waals surface area (Å²) in [5.74, 6) is 1.35. The Labute approximate surface area is 117 Å². The van der Waals surface area contributed by atoms with Crippen molar-refractivity contribution in [1.82, 2.24) is 20.6 Å². The molecule has 2 amide bonds. The normalized spacial score (nSPS) is 13.0. The van der Waals surface area contributed by atoms with Gasteiger partial charge in [0.2, 0.25) is 0 Å². The molecule has 20 heavy (non-hydrogen) atoms. The van der Waals surface area contributed by atoms with E-state index in [1.807, 2.05) is 6.92 Å². The van der Waals surface area contributed by atoms with Gasteiger partial charge in [0.05, 0.1) is 6.33 Å². The summed E-state index contributed by atoms with van der Waals surface area (Å²) in [6.07, 6.45) is 9.38. The van der Waals surface area contributed by atoms with Gasteiger partial charge in [-0.1, -0.05) is 6.92 Å². The molecular weight excluding hydrogens is 260 g/mol. The third-order valence-corrected chi connectivity index (χ3v) is 2.77. The molecule has 0 bridgehead atoms. The van der Waals surface area contributed by atoms with Crippen molar-refractivity contribution in [2.75, 3.05) is 0 Å². The van der Waals surface area contributed by atoms with E-state index in [0.29, 0.717) is 18.5 Å². The zero-order valence-corrected chi connectivity index (χ0v) is 11.2. The molecule has 1 rings (SSSR count). The van der Waals surface area contributed by atoms with E-state index in [0.717, 1.165) is 0 Å². The van der Waals surface area contributed by atoms with Crippen molar-refractivity contribution < 1.29 is 14.7 Å². The van der Waals surface area contributed by atoms with Gasteiger partial charge in [-0.25, -0.2) is 14.6 Å². The maximum Gasteiger partial charge on any atom is 0.326 e. The Morgan fingerprint density at radius 3 is 2.80 bits per heavy atom. The summed E-state index contributed by atoms with van der Waals surface area (Å²) in [4.78, 5) is 29.5. The number of carboxylic acids is 1. The van der Waals surface area contributed by atoms with Crippen LogP contribution >= 0.6 is 0 Å². The van der Waals surface area contributed by atoms with Crippen LogP contribution in [0, 0.1) is 12.3 Å². The molecule has 4 N–H and O–H groups in total. The van der Waals surface area contributed by atoms with Gasteiger partial charge >= 0.3 is 12.0 Å². The number of hydrogen-bond acceptors (Lipinski definition) is 3. The van der Waals surface area contributed by atoms with E-state index in [4.69, 9.17) is 11.5 Å². The lowest BCUT2D eigenvalue weighted by Gasteiger charge is -2.18. The van der Waals surface area contributed by atoms with Gasteiger partial charge in [0.1, 0.15) is 6.04 Å². The molecule has 0 aliphatic heterocycles. The van der Waals surface area contributed by atoms with E-state index in [9.17, 15) is 9.59 Å². The quantitative estimate of drug-likeness (QED) is 0.545. The van der Waals surface area contributed by atoms with Gasteiger partial charge in [0.25, 0.3) is 0 Å². The van der Waals surface area contributed by atoms with Crippen molar-refractivity contribution in [3.05, 3.63) is 18.2 Å². The highest BCUT2D eigenvalue weighted by atomic mass is 16.4. The van der Waals surface area contributed by atoms with Gasteiger partial charge in [-0.2, -0.15) is 0 Å². The second-order valence-electron chi connectivity index (χ2n) is 4.30. The number of amides is 2. The second-order valence-corrected chi connectivity index (χ2v) is 4.30. The minimum absolute atomic E-state index is 0.134. The number of H-pyrrole nitrogens is 1. The average molecular weight is 278 g/mol. The molecule has 2 atom stereocenters. The molecular formula is C13H18N4O3. The predicted molar refractivity (Wildman–Crippen MR) is 72.9 cm³/mol. The molecule has 0 aliphatic rings. The van der Waals surface area contributed by atoms with Crippen molar-refractivity contribution in [2.45, 2.75) is 38.3 Å². The number of terminal acetylenes is 1. The molecule has 108 valence electrons. The van der Waals surface area contributed by atoms with E-state index in [1.165, 1.54) is 12.5 Å². The van der Waals surface area contributed by atoms with Crippen LogP contribution in [0.3, 0.4) is 0 Å². The Morgan fingerprint density at radius 2 is 2.30 bits per heavy atom. The van der Waals surface area contributed by atoms with Crippen LogP contribution in [-0.2, 0) is 11.2 Å². The lowest BCUT2D eigenvalue weighted by Crippen LogP contribution is -2.49. The summed E-state index contributed by atoms with van der Waals surface area (Å²) in [6.45, 7) is 1.89. The number of carbonyl (C=O) groups is 2. The largest absolute Gasteiger partial charge is 0.480 e. The predicted octanol–water partition coefficient (Wildman–Crippen LogP) is 0.506. The van der Waals surface area contributed by atoms with Crippen molar-refractivity contribution >= 4 is 12.0 Å². The number of carbonyl (C=O) groups excluding carboxylic acids is 1. The summed E-state index contributed by atoms with van der Waals surface area (Å²) in [6, 6.07) is -1.74. The third-order valence-electron chi connectivity index (χ3n) is 2.77. The fraction of sp³-hybridized carbons (Fsp3) is 0.462. The maximum atomic E-state index is 11.8. The van der Waals surface area contributed by atoms with Crippen LogP contribution in [0.25, 0.3) is 0 Å². The van der Waals surface area contributed by atoms with E-state index in [-0.39, 0.29) is 12.5 Å². The fourth-order valence-electron chi connectivity index (χ4n) is 1.64. The molecule has 7 heteroatoms. The number of carboxylic acid groups (broad SMARTS) is 1. The third kappa shape index (κ3) is 5.02. The molecule has 0 aromatic carbocycles. The summed E-state index contributed by atoms with van der Waals surface area (Å²) < 4.78 is 0. The van der Waals surface area contributed by atoms with Crippen molar-refractivity contribution in [3.63, 3.8) is 0 Å². The van der Waals surface area contributed by atoms with Crippen LogP contribution in [-0.4, -0.2) is 39.2 Å². The highest BCUT2D eigenvalue weighted by Crippen LogP contribution is 2.00. The number of aromatic nitrogens is 2. The van der Waals surface area contributed by atoms with Gasteiger partial charge in [-0.15, -0.1) is 12.3 Å². The topological polar surface area (TPSA) is 107 Å². The Morgan fingerprint density at radius 1 is 1.55 bits per heavy atom. The van der Waals surface area contributed by atoms with E-state index < -0.39 is 18.0 Å². The number of aliphatic carboxylic acids is 1. The van der Waals surface area contributed by atoms with Gasteiger partial charge in [0.15, 0.2) is 0 Å². The van der Waals surface area contributed by atoms with Gasteiger partial charge in [0, 0.05) is 30.8 Å². The molecule has 1 aromatic rings. The molecule has 1 unspecified atom stereocenters. The Bertz CT molecular complexity index is 478. The smallest absolute Gasteiger partial charge is 0.326 e. The Balaban J connectivity index is 2.55. The lowest BCUT2D eigenvalue weighted by molar-refractivity contribution is -0.139. The second kappa shape index (κ2) is 7.84. The zero-order chi connectivity index (χ0) is 15.0. The number of nitrogens with zero attached hydrogens (tertiary/aromatic N) is 1. The van der Waals surface area contributed by atoms with Gasteiger partial charge in [-0.3, -0.25) is 0 Å². The Kier molecular flexibility index (Phi) is 6.10. The number of rotatable bonds is 7. The van der Waals surface area contributed by atoms with Crippen LogP contribution in [0.4, 0.5) is 4.79 Å². The SMILES string of the molecule is C#CCC(CC)NC(=O)N[C@H](Cc1cnc[nH]1)C(=O)O. The summed E-state index contributed by atoms with van der Waals surface area (Å²) in [5.41, 5.74) is 0.633. The minimum atomic E-state index is -1.11. The lowest BCUT2D eigenvalue weighted by atomic mass is 10.1. The van der Waals surface area contributed by atoms with Crippen LogP contribution in [0.15, 0.2) is 12.5 Å². The summed E-state index contributed by atoms with van der Waals surface area (Å²) >= 11 is 0. The first-order valence-corrected chi connectivity index (χ1v) is 6.27. The molecule has 0 saturated carbocycles. The molecule has 1 heterocycles. The molecule has 7 nitrogen and oxygen atoms in total. The number of aromatic amines is 1. The highest BCUT2D eigenvalue weighted by Gasteiger charge is 2.21. The summed E-state index contributed by atoms with van der Waals surface area (Å²) in [5, 5.41) is 14.2. The molecule has 0 radical (unpaired) electrons. The minimum Gasteiger partial charge on any atom is -0.480 e.